The second-order valence-corrected chi connectivity index (χ2v) is 10.1. The molecule has 0 saturated heterocycles. The van der Waals surface area contributed by atoms with Crippen LogP contribution in [0.2, 0.25) is 0 Å². The lowest BCUT2D eigenvalue weighted by Gasteiger charge is -2.31. The highest BCUT2D eigenvalue weighted by molar-refractivity contribution is 5.80. The molecule has 7 heteroatoms. The fraction of sp³-hybridized carbons (Fsp3) is 0.667. The minimum Gasteiger partial charge on any atom is -0.488 e. The topological polar surface area (TPSA) is 84.0 Å². The lowest BCUT2D eigenvalue weighted by atomic mass is 9.91. The summed E-state index contributed by atoms with van der Waals surface area (Å²) in [5.74, 6) is 1.65. The quantitative estimate of drug-likeness (QED) is 0.475. The van der Waals surface area contributed by atoms with Gasteiger partial charge in [0.25, 0.3) is 0 Å². The second kappa shape index (κ2) is 10.7. The number of rotatable bonds is 5. The zero-order chi connectivity index (χ0) is 23.1. The molecule has 2 rings (SSSR count). The minimum atomic E-state index is -0.475. The Morgan fingerprint density at radius 3 is 2.10 bits per heavy atom. The zero-order valence-electron chi connectivity index (χ0n) is 20.2. The van der Waals surface area contributed by atoms with Crippen molar-refractivity contribution in [3.63, 3.8) is 0 Å². The molecule has 7 nitrogen and oxygen atoms in total. The van der Waals surface area contributed by atoms with E-state index in [0.29, 0.717) is 12.6 Å². The summed E-state index contributed by atoms with van der Waals surface area (Å²) < 4.78 is 11.4. The van der Waals surface area contributed by atoms with Crippen molar-refractivity contribution in [2.45, 2.75) is 97.1 Å². The van der Waals surface area contributed by atoms with Crippen LogP contribution in [-0.2, 0) is 11.3 Å². The van der Waals surface area contributed by atoms with Crippen LogP contribution in [0.4, 0.5) is 4.79 Å². The van der Waals surface area contributed by atoms with Gasteiger partial charge in [0, 0.05) is 31.2 Å². The standard InChI is InChI=1S/C24H40N4O3/c1-23(2,3)30-20-11-9-8-10-17(20)16-26-21(25-7)27-18-12-14-19(15-13-18)28-22(29)31-24(4,5)6/h8-11,18-19H,12-16H2,1-7H3,(H,28,29)(H2,25,26,27). The average Bonchev–Trinajstić information content (AvgIpc) is 2.64. The van der Waals surface area contributed by atoms with Gasteiger partial charge in [-0.15, -0.1) is 0 Å². The highest BCUT2D eigenvalue weighted by Crippen LogP contribution is 2.23. The van der Waals surface area contributed by atoms with E-state index in [-0.39, 0.29) is 17.7 Å². The van der Waals surface area contributed by atoms with Crippen molar-refractivity contribution >= 4 is 12.1 Å². The van der Waals surface area contributed by atoms with Crippen molar-refractivity contribution in [1.82, 2.24) is 16.0 Å². The number of hydrogen-bond acceptors (Lipinski definition) is 4. The van der Waals surface area contributed by atoms with Gasteiger partial charge in [-0.25, -0.2) is 4.79 Å². The summed E-state index contributed by atoms with van der Waals surface area (Å²) >= 11 is 0. The average molecular weight is 433 g/mol. The molecule has 1 aromatic carbocycles. The SMILES string of the molecule is CN=C(NCc1ccccc1OC(C)(C)C)NC1CCC(NC(=O)OC(C)(C)C)CC1. The highest BCUT2D eigenvalue weighted by atomic mass is 16.6. The van der Waals surface area contributed by atoms with Gasteiger partial charge in [-0.1, -0.05) is 18.2 Å². The Bertz CT molecular complexity index is 742. The molecule has 0 spiro atoms. The van der Waals surface area contributed by atoms with Crippen LogP contribution >= 0.6 is 0 Å². The maximum Gasteiger partial charge on any atom is 0.407 e. The zero-order valence-corrected chi connectivity index (χ0v) is 20.2. The van der Waals surface area contributed by atoms with Crippen LogP contribution in [-0.4, -0.2) is 42.4 Å². The number of aliphatic imine (C=N–C) groups is 1. The molecule has 0 bridgehead atoms. The molecule has 1 aromatic rings. The number of alkyl carbamates (subject to hydrolysis) is 1. The molecule has 0 aromatic heterocycles. The van der Waals surface area contributed by atoms with Crippen molar-refractivity contribution in [3.8, 4) is 5.75 Å². The first-order valence-corrected chi connectivity index (χ1v) is 11.2. The van der Waals surface area contributed by atoms with Crippen LogP contribution in [0.1, 0.15) is 72.8 Å². The number of hydrogen-bond donors (Lipinski definition) is 3. The number of carbonyl (C=O) groups is 1. The summed E-state index contributed by atoms with van der Waals surface area (Å²) in [6, 6.07) is 8.54. The lowest BCUT2D eigenvalue weighted by Crippen LogP contribution is -2.48. The van der Waals surface area contributed by atoms with Crippen LogP contribution in [0.3, 0.4) is 0 Å². The molecule has 1 aliphatic carbocycles. The first-order valence-electron chi connectivity index (χ1n) is 11.2. The normalized spacial score (nSPS) is 20.0. The van der Waals surface area contributed by atoms with Crippen LogP contribution < -0.4 is 20.7 Å². The van der Waals surface area contributed by atoms with E-state index in [1.807, 2.05) is 59.7 Å². The Morgan fingerprint density at radius 2 is 1.55 bits per heavy atom. The highest BCUT2D eigenvalue weighted by Gasteiger charge is 2.25. The van der Waals surface area contributed by atoms with Crippen LogP contribution in [0.5, 0.6) is 5.75 Å². The van der Waals surface area contributed by atoms with Gasteiger partial charge in [0.15, 0.2) is 5.96 Å². The van der Waals surface area contributed by atoms with Gasteiger partial charge >= 0.3 is 6.09 Å². The molecule has 174 valence electrons. The predicted molar refractivity (Wildman–Crippen MR) is 126 cm³/mol. The van der Waals surface area contributed by atoms with Crippen molar-refractivity contribution in [3.05, 3.63) is 29.8 Å². The van der Waals surface area contributed by atoms with Crippen molar-refractivity contribution in [2.24, 2.45) is 4.99 Å². The number of nitrogens with zero attached hydrogens (tertiary/aromatic N) is 1. The van der Waals surface area contributed by atoms with E-state index in [4.69, 9.17) is 9.47 Å². The van der Waals surface area contributed by atoms with E-state index in [2.05, 4.69) is 27.0 Å². The molecular formula is C24H40N4O3. The van der Waals surface area contributed by atoms with Gasteiger partial charge in [-0.3, -0.25) is 4.99 Å². The summed E-state index contributed by atoms with van der Waals surface area (Å²) in [5, 5.41) is 9.89. The number of amides is 1. The fourth-order valence-electron chi connectivity index (χ4n) is 3.50. The van der Waals surface area contributed by atoms with Crippen LogP contribution in [0.25, 0.3) is 0 Å². The van der Waals surface area contributed by atoms with Gasteiger partial charge in [0.2, 0.25) is 0 Å². The van der Waals surface area contributed by atoms with Crippen molar-refractivity contribution in [1.29, 1.82) is 0 Å². The van der Waals surface area contributed by atoms with Gasteiger partial charge in [-0.05, 0) is 73.3 Å². The summed E-state index contributed by atoms with van der Waals surface area (Å²) in [6.45, 7) is 12.4. The van der Waals surface area contributed by atoms with Crippen molar-refractivity contribution < 1.29 is 14.3 Å². The van der Waals surface area contributed by atoms with Gasteiger partial charge in [-0.2, -0.15) is 0 Å². The van der Waals surface area contributed by atoms with Gasteiger partial charge in [0.1, 0.15) is 17.0 Å². The number of ether oxygens (including phenoxy) is 2. The summed E-state index contributed by atoms with van der Waals surface area (Å²) in [7, 11) is 1.78. The molecule has 1 saturated carbocycles. The number of para-hydroxylation sites is 1. The monoisotopic (exact) mass is 432 g/mol. The molecule has 0 heterocycles. The first-order chi connectivity index (χ1) is 14.4. The summed E-state index contributed by atoms with van der Waals surface area (Å²) in [6.07, 6.45) is 3.42. The lowest BCUT2D eigenvalue weighted by molar-refractivity contribution is 0.0490. The first kappa shape index (κ1) is 24.8. The molecule has 1 aliphatic rings. The van der Waals surface area contributed by atoms with Crippen LogP contribution in [0, 0.1) is 0 Å². The van der Waals surface area contributed by atoms with E-state index in [1.165, 1.54) is 0 Å². The van der Waals surface area contributed by atoms with E-state index in [1.54, 1.807) is 7.05 Å². The molecule has 0 aliphatic heterocycles. The van der Waals surface area contributed by atoms with Gasteiger partial charge in [0.05, 0.1) is 0 Å². The fourth-order valence-corrected chi connectivity index (χ4v) is 3.50. The van der Waals surface area contributed by atoms with E-state index >= 15 is 0 Å². The molecular weight excluding hydrogens is 392 g/mol. The molecule has 0 unspecified atom stereocenters. The number of benzene rings is 1. The number of guanidine groups is 1. The molecule has 0 atom stereocenters. The Kier molecular flexibility index (Phi) is 8.60. The molecule has 3 N–H and O–H groups in total. The molecule has 31 heavy (non-hydrogen) atoms. The Morgan fingerprint density at radius 1 is 0.968 bits per heavy atom. The predicted octanol–water partition coefficient (Wildman–Crippen LogP) is 4.36. The molecule has 1 fully saturated rings. The maximum absolute atomic E-state index is 12.0. The minimum absolute atomic E-state index is 0.157. The van der Waals surface area contributed by atoms with E-state index in [0.717, 1.165) is 43.0 Å². The maximum atomic E-state index is 12.0. The summed E-state index contributed by atoms with van der Waals surface area (Å²) in [4.78, 5) is 16.4. The van der Waals surface area contributed by atoms with Crippen molar-refractivity contribution in [2.75, 3.05) is 7.05 Å². The third kappa shape index (κ3) is 9.49. The smallest absolute Gasteiger partial charge is 0.407 e. The Hall–Kier alpha value is -2.44. The summed E-state index contributed by atoms with van der Waals surface area (Å²) in [5.41, 5.74) is 0.366. The third-order valence-corrected chi connectivity index (χ3v) is 4.85. The van der Waals surface area contributed by atoms with Gasteiger partial charge < -0.3 is 25.4 Å². The number of nitrogens with one attached hydrogen (secondary N) is 3. The van der Waals surface area contributed by atoms with Crippen LogP contribution in [0.15, 0.2) is 29.3 Å². The molecule has 1 amide bonds. The Labute approximate surface area is 187 Å². The van der Waals surface area contributed by atoms with E-state index in [9.17, 15) is 4.79 Å². The number of carbonyl (C=O) groups excluding carboxylic acids is 1. The molecule has 0 radical (unpaired) electrons. The second-order valence-electron chi connectivity index (χ2n) is 10.1. The largest absolute Gasteiger partial charge is 0.488 e. The third-order valence-electron chi connectivity index (χ3n) is 4.85. The Balaban J connectivity index is 1.80. The van der Waals surface area contributed by atoms with E-state index < -0.39 is 5.60 Å².